The zero-order valence-corrected chi connectivity index (χ0v) is 82.6. The van der Waals surface area contributed by atoms with Gasteiger partial charge < -0.3 is 32.7 Å². The van der Waals surface area contributed by atoms with E-state index >= 15 is 0 Å². The first-order valence-corrected chi connectivity index (χ1v) is 48.7. The summed E-state index contributed by atoms with van der Waals surface area (Å²) in [5.41, 5.74) is 39.6. The fraction of sp³-hybridized carbons (Fsp3) is 0.168. The molecule has 0 bridgehead atoms. The molecule has 0 saturated carbocycles. The summed E-state index contributed by atoms with van der Waals surface area (Å²) < 4.78 is 20.0. The van der Waals surface area contributed by atoms with Crippen molar-refractivity contribution in [1.82, 2.24) is 57.4 Å². The molecule has 3 unspecified atom stereocenters. The van der Waals surface area contributed by atoms with Gasteiger partial charge in [0.15, 0.2) is 0 Å². The first kappa shape index (κ1) is 88.8. The van der Waals surface area contributed by atoms with Gasteiger partial charge in [-0.15, -0.1) is 6.07 Å². The van der Waals surface area contributed by atoms with E-state index in [2.05, 4.69) is 401 Å². The molecule has 139 heavy (non-hydrogen) atoms. The van der Waals surface area contributed by atoms with E-state index in [1.807, 2.05) is 59.5 Å². The Morgan fingerprint density at radius 1 is 0.302 bits per heavy atom. The van der Waals surface area contributed by atoms with Gasteiger partial charge in [0.05, 0.1) is 77.6 Å². The zero-order chi connectivity index (χ0) is 93.8. The van der Waals surface area contributed by atoms with Crippen LogP contribution in [-0.4, -0.2) is 57.4 Å². The van der Waals surface area contributed by atoms with Crippen LogP contribution >= 0.6 is 0 Å². The van der Waals surface area contributed by atoms with E-state index in [1.165, 1.54) is 144 Å². The van der Waals surface area contributed by atoms with Crippen LogP contribution < -0.4 is 0 Å². The molecule has 13 aromatic carbocycles. The second kappa shape index (κ2) is 36.6. The molecular weight excluding hydrogens is 1880 g/mol. The number of nitrogens with zero attached hydrogens (tertiary/aromatic N) is 12. The van der Waals surface area contributed by atoms with Crippen molar-refractivity contribution in [3.63, 3.8) is 0 Å². The van der Waals surface area contributed by atoms with Crippen molar-refractivity contribution in [2.45, 2.75) is 122 Å². The molecule has 13 heterocycles. The molecule has 0 fully saturated rings. The molecule has 26 rings (SSSR count). The van der Waals surface area contributed by atoms with Crippen LogP contribution in [-0.2, 0) is 40.3 Å². The van der Waals surface area contributed by atoms with Gasteiger partial charge in [0.25, 0.3) is 0 Å². The monoisotopic (exact) mass is 1990 g/mol. The van der Waals surface area contributed by atoms with Crippen molar-refractivity contribution in [3.05, 3.63) is 397 Å². The third kappa shape index (κ3) is 15.7. The number of pyridine rings is 6. The molecule has 0 aliphatic heterocycles. The van der Waals surface area contributed by atoms with Crippen molar-refractivity contribution in [2.75, 3.05) is 0 Å². The third-order valence-corrected chi connectivity index (χ3v) is 28.7. The van der Waals surface area contributed by atoms with Crippen molar-refractivity contribution in [2.24, 2.45) is 17.8 Å². The van der Waals surface area contributed by atoms with Crippen LogP contribution in [0, 0.1) is 71.4 Å². The number of para-hydroxylation sites is 6. The van der Waals surface area contributed by atoms with Crippen molar-refractivity contribution in [1.29, 1.82) is 0 Å². The number of aromatic nitrogens is 12. The van der Waals surface area contributed by atoms with Crippen molar-refractivity contribution >= 4 is 164 Å². The van der Waals surface area contributed by atoms with Gasteiger partial charge in [-0.1, -0.05) is 271 Å². The topological polar surface area (TPSA) is 119 Å². The minimum Gasteiger partial charge on any atom is -0.456 e. The normalized spacial score (nSPS) is 12.5. The van der Waals surface area contributed by atoms with Crippen molar-refractivity contribution in [3.8, 4) is 45.1 Å². The maximum absolute atomic E-state index is 6.45. The Labute approximate surface area is 822 Å². The summed E-state index contributed by atoms with van der Waals surface area (Å²) in [4.78, 5) is 19.3. The summed E-state index contributed by atoms with van der Waals surface area (Å²) in [7, 11) is 0. The average Bonchev–Trinajstić information content (AvgIpc) is 1.62. The molecule has 0 saturated heterocycles. The number of rotatable bonds is 15. The summed E-state index contributed by atoms with van der Waals surface area (Å²) in [6, 6.07) is 120. The first-order chi connectivity index (χ1) is 67.5. The summed E-state index contributed by atoms with van der Waals surface area (Å²) in [5, 5.41) is 23.8. The number of benzene rings is 13. The molecule has 0 radical (unpaired) electrons. The third-order valence-electron chi connectivity index (χ3n) is 28.7. The molecular formula is C125H106N12OPt. The second-order valence-electron chi connectivity index (χ2n) is 38.1. The molecule has 0 amide bonds. The Balaban J connectivity index is 0.000000112. The zero-order valence-electron chi connectivity index (χ0n) is 80.3. The fourth-order valence-corrected chi connectivity index (χ4v) is 21.6. The van der Waals surface area contributed by atoms with Gasteiger partial charge in [-0.3, -0.25) is 19.0 Å². The van der Waals surface area contributed by atoms with Gasteiger partial charge >= 0.3 is 21.1 Å². The van der Waals surface area contributed by atoms with Gasteiger partial charge in [0.2, 0.25) is 0 Å². The molecule has 0 N–H and O–H groups in total. The smallest absolute Gasteiger partial charge is 0.456 e. The molecule has 13 aromatic heterocycles. The van der Waals surface area contributed by atoms with E-state index in [0.29, 0.717) is 17.8 Å². The Morgan fingerprint density at radius 2 is 0.712 bits per heavy atom. The van der Waals surface area contributed by atoms with E-state index in [1.54, 1.807) is 6.20 Å². The number of fused-ring (bicyclic) bond motifs is 27. The average molecular weight is 1990 g/mol. The largest absolute Gasteiger partial charge is 2.00 e. The maximum Gasteiger partial charge on any atom is 2.00 e. The van der Waals surface area contributed by atoms with Crippen LogP contribution in [0.1, 0.15) is 111 Å². The molecule has 682 valence electrons. The molecule has 3 atom stereocenters. The number of hydrogen-bond donors (Lipinski definition) is 0. The Bertz CT molecular complexity index is 8830. The molecule has 13 nitrogen and oxygen atoms in total. The van der Waals surface area contributed by atoms with Crippen LogP contribution in [0.4, 0.5) is 0 Å². The fourth-order valence-electron chi connectivity index (χ4n) is 21.6. The standard InChI is InChI=1S/C47H36N2O.C33H28N4.C29H30N3.C16H12N3.Pt/c1-3-30(2)24-31-20-22-40-41-28-32(21-23-46(41)50-47(40)25-31)33-26-34(48-42-16-8-4-12-36(42)37-13-5-9-17-43(37)48)29-35(27-33)49-44-18-10-6-14-38(44)39-15-7-11-19-45(39)49;1-3-22(2)18-23-19-24(36-28-12-6-4-10-26(28)32-30(36)14-8-16-34-32)21-25(20-23)37-29-13-7-5-11-27(29)33-31(37)15-9-17-35-33;1-7-17(2)13-22-14-19(4)27(20(5)15-22)24-11-12-25-29(30-24)28-18(3)9-8-10-23(28)26-16-21(6)31-32(25)26;1-10-5-3-6-12-14-9-11(2)18-19(14)13-7-4-8-17-16(13)15(10)12;/h4-23,25-30H,3,24H2,1-2H3;4-17,19-22H,3,18H2,1-2H3;8-11,14-17H,7,13H2,1-6H3;3-6,8-9H,1-2H3;/q;;2*-1;+2. The van der Waals surface area contributed by atoms with Gasteiger partial charge in [-0.2, -0.15) is 28.4 Å². The van der Waals surface area contributed by atoms with Crippen LogP contribution in [0.3, 0.4) is 0 Å². The van der Waals surface area contributed by atoms with Gasteiger partial charge in [0.1, 0.15) is 11.2 Å². The Kier molecular flexibility index (Phi) is 23.4. The minimum atomic E-state index is 0. The molecule has 0 aliphatic carbocycles. The van der Waals surface area contributed by atoms with Gasteiger partial charge in [0, 0.05) is 78.2 Å². The molecule has 0 aliphatic rings. The van der Waals surface area contributed by atoms with Crippen LogP contribution in [0.5, 0.6) is 0 Å². The summed E-state index contributed by atoms with van der Waals surface area (Å²) in [6.45, 7) is 26.5. The summed E-state index contributed by atoms with van der Waals surface area (Å²) >= 11 is 0. The summed E-state index contributed by atoms with van der Waals surface area (Å²) in [5.74, 6) is 1.94. The molecule has 26 aromatic rings. The Hall–Kier alpha value is -15.4. The van der Waals surface area contributed by atoms with Crippen LogP contribution in [0.25, 0.3) is 209 Å². The quantitative estimate of drug-likeness (QED) is 0.0741. The van der Waals surface area contributed by atoms with Crippen LogP contribution in [0.15, 0.2) is 338 Å². The number of hydrogen-bond acceptors (Lipinski definition) is 7. The van der Waals surface area contributed by atoms with Gasteiger partial charge in [-0.05, 0) is 283 Å². The Morgan fingerprint density at radius 3 is 1.20 bits per heavy atom. The molecule has 0 spiro atoms. The summed E-state index contributed by atoms with van der Waals surface area (Å²) in [6.07, 6.45) is 12.3. The van der Waals surface area contributed by atoms with Crippen LogP contribution in [0.2, 0.25) is 0 Å². The number of furan rings is 1. The number of aryl methyl sites for hydroxylation is 6. The van der Waals surface area contributed by atoms with Crippen molar-refractivity contribution < 1.29 is 25.5 Å². The van der Waals surface area contributed by atoms with E-state index < -0.39 is 0 Å². The molecule has 14 heteroatoms. The SMILES string of the molecule is CCC(C)Cc1cc(-n2c3ccccc3c3ncccc32)cc(-n2c3ccccc3c3ncccc32)c1.CCC(C)Cc1cc(C)c(-c2c[c-]c3c(n2)c2c(C)cccc2c2cc(C)nn32)c(C)c1.CCC(C)Cc1ccc2c(c1)oc1ccc(-c3cc(-n4c5ccccc5c5ccccc54)cc(-n4c5ccccc5c5ccccc54)c3)cc12.Cc1cc2c3cccc(C)c3c3ncc[c-]c3n2n1.[Pt+2]. The predicted molar refractivity (Wildman–Crippen MR) is 576 cm³/mol. The predicted octanol–water partition coefficient (Wildman–Crippen LogP) is 32.1. The van der Waals surface area contributed by atoms with E-state index in [0.717, 1.165) is 154 Å². The van der Waals surface area contributed by atoms with E-state index in [-0.39, 0.29) is 21.1 Å². The maximum atomic E-state index is 6.45. The van der Waals surface area contributed by atoms with Gasteiger partial charge in [-0.25, -0.2) is 0 Å². The van der Waals surface area contributed by atoms with E-state index in [9.17, 15) is 0 Å². The second-order valence-corrected chi connectivity index (χ2v) is 38.1. The first-order valence-electron chi connectivity index (χ1n) is 48.7. The van der Waals surface area contributed by atoms with E-state index in [4.69, 9.17) is 24.5 Å². The minimum absolute atomic E-state index is 0.